The topological polar surface area (TPSA) is 104 Å². The first-order valence-electron chi connectivity index (χ1n) is 12.4. The highest BCUT2D eigenvalue weighted by Crippen LogP contribution is 2.62. The Kier molecular flexibility index (Phi) is 6.93. The van der Waals surface area contributed by atoms with Crippen molar-refractivity contribution in [2.45, 2.75) is 58.3 Å². The maximum atomic E-state index is 14.1. The number of hydrogen-bond acceptors (Lipinski definition) is 6. The number of rotatable bonds is 4. The first kappa shape index (κ1) is 25.5. The zero-order valence-corrected chi connectivity index (χ0v) is 20.8. The number of aliphatic hydroxyl groups excluding tert-OH is 3. The summed E-state index contributed by atoms with van der Waals surface area (Å²) in [6, 6.07) is 9.23. The number of Topliss-reactive ketones (excluding diaryl/α,β-unsaturated/α-hetero) is 1. The molecule has 0 aliphatic heterocycles. The number of esters is 1. The van der Waals surface area contributed by atoms with Gasteiger partial charge in [-0.25, -0.2) is 4.79 Å². The summed E-state index contributed by atoms with van der Waals surface area (Å²) in [7, 11) is 0. The zero-order chi connectivity index (χ0) is 25.5. The van der Waals surface area contributed by atoms with Crippen molar-refractivity contribution in [1.82, 2.24) is 0 Å². The van der Waals surface area contributed by atoms with Gasteiger partial charge in [-0.1, -0.05) is 63.3 Å². The van der Waals surface area contributed by atoms with Crippen LogP contribution in [0.1, 0.15) is 46.1 Å². The predicted octanol–water partition coefficient (Wildman–Crippen LogP) is 3.47. The maximum Gasteiger partial charge on any atom is 0.331 e. The molecule has 2 fully saturated rings. The quantitative estimate of drug-likeness (QED) is 0.346. The van der Waals surface area contributed by atoms with Crippen LogP contribution >= 0.6 is 0 Å². The van der Waals surface area contributed by atoms with Crippen LogP contribution in [0, 0.1) is 29.1 Å². The van der Waals surface area contributed by atoms with Gasteiger partial charge in [-0.2, -0.15) is 0 Å². The summed E-state index contributed by atoms with van der Waals surface area (Å²) in [5.74, 6) is -2.36. The molecule has 0 unspecified atom stereocenters. The molecule has 1 aromatic rings. The molecule has 0 aromatic heterocycles. The van der Waals surface area contributed by atoms with Crippen LogP contribution in [0.25, 0.3) is 6.08 Å². The van der Waals surface area contributed by atoms with E-state index < -0.39 is 48.0 Å². The largest absolute Gasteiger partial charge is 0.447 e. The van der Waals surface area contributed by atoms with Gasteiger partial charge in [-0.05, 0) is 53.7 Å². The van der Waals surface area contributed by atoms with Crippen LogP contribution in [-0.2, 0) is 14.3 Å². The molecule has 0 amide bonds. The number of ketones is 1. The third-order valence-corrected chi connectivity index (χ3v) is 8.48. The molecule has 0 saturated heterocycles. The minimum absolute atomic E-state index is 0.0498. The molecule has 3 aliphatic carbocycles. The van der Waals surface area contributed by atoms with E-state index in [0.717, 1.165) is 12.0 Å². The Bertz CT molecular complexity index is 1070. The van der Waals surface area contributed by atoms with E-state index in [0.29, 0.717) is 5.57 Å². The summed E-state index contributed by atoms with van der Waals surface area (Å²) in [5.41, 5.74) is -0.234. The molecular formula is C29H36O6. The van der Waals surface area contributed by atoms with Crippen LogP contribution < -0.4 is 0 Å². The molecule has 0 bridgehead atoms. The lowest BCUT2D eigenvalue weighted by molar-refractivity contribution is -0.172. The maximum absolute atomic E-state index is 14.1. The summed E-state index contributed by atoms with van der Waals surface area (Å²) >= 11 is 0. The molecule has 35 heavy (non-hydrogen) atoms. The number of aliphatic hydroxyl groups is 3. The van der Waals surface area contributed by atoms with Gasteiger partial charge in [0.15, 0.2) is 5.60 Å². The second-order valence-electron chi connectivity index (χ2n) is 11.0. The van der Waals surface area contributed by atoms with Crippen LogP contribution in [0.3, 0.4) is 0 Å². The second-order valence-corrected chi connectivity index (χ2v) is 11.0. The van der Waals surface area contributed by atoms with Crippen LogP contribution in [-0.4, -0.2) is 51.5 Å². The lowest BCUT2D eigenvalue weighted by atomic mass is 9.77. The second kappa shape index (κ2) is 9.49. The summed E-state index contributed by atoms with van der Waals surface area (Å²) in [6.45, 7) is 7.31. The number of allylic oxidation sites excluding steroid dienone is 2. The Balaban J connectivity index is 1.78. The average molecular weight is 481 g/mol. The smallest absolute Gasteiger partial charge is 0.331 e. The molecule has 2 saturated carbocycles. The van der Waals surface area contributed by atoms with Gasteiger partial charge in [-0.15, -0.1) is 0 Å². The van der Waals surface area contributed by atoms with Crippen LogP contribution in [0.2, 0.25) is 0 Å². The van der Waals surface area contributed by atoms with Crippen molar-refractivity contribution in [3.05, 3.63) is 65.3 Å². The molecule has 0 spiro atoms. The lowest BCUT2D eigenvalue weighted by Crippen LogP contribution is -2.54. The van der Waals surface area contributed by atoms with Gasteiger partial charge in [0.05, 0.1) is 24.7 Å². The van der Waals surface area contributed by atoms with Gasteiger partial charge >= 0.3 is 5.97 Å². The normalized spacial score (nSPS) is 36.5. The third-order valence-electron chi connectivity index (χ3n) is 8.48. The number of benzene rings is 1. The van der Waals surface area contributed by atoms with E-state index >= 15 is 0 Å². The highest BCUT2D eigenvalue weighted by Gasteiger charge is 2.63. The Morgan fingerprint density at radius 2 is 1.89 bits per heavy atom. The van der Waals surface area contributed by atoms with Crippen LogP contribution in [0.15, 0.2) is 59.7 Å². The number of hydrogen-bond donors (Lipinski definition) is 3. The van der Waals surface area contributed by atoms with Crippen molar-refractivity contribution in [3.63, 3.8) is 0 Å². The standard InChI is InChI=1S/C29H36O6/c1-17-10-12-21-22(28(21,3)4)14-20(16-30)27(34)29(15-18(2)26(33)24(29)25(17)32)35-23(31)13-11-19-8-6-5-7-9-19/h5-11,13-14,18,21-22,24-26,30,32-33H,12,15-16H2,1-4H3/t18-,21-,22+,24-,25-,26-,29+/m0/s1. The van der Waals surface area contributed by atoms with E-state index in [1.807, 2.05) is 42.5 Å². The van der Waals surface area contributed by atoms with Gasteiger partial charge < -0.3 is 20.1 Å². The molecule has 0 radical (unpaired) electrons. The number of ether oxygens (including phenoxy) is 1. The number of carbonyl (C=O) groups excluding carboxylic acids is 2. The number of carbonyl (C=O) groups is 2. The highest BCUT2D eigenvalue weighted by atomic mass is 16.6. The first-order chi connectivity index (χ1) is 16.5. The molecule has 6 heteroatoms. The van der Waals surface area contributed by atoms with Crippen molar-refractivity contribution < 1.29 is 29.6 Å². The molecule has 0 heterocycles. The third kappa shape index (κ3) is 4.55. The van der Waals surface area contributed by atoms with E-state index in [2.05, 4.69) is 13.8 Å². The zero-order valence-electron chi connectivity index (χ0n) is 20.8. The van der Waals surface area contributed by atoms with Crippen molar-refractivity contribution in [1.29, 1.82) is 0 Å². The van der Waals surface area contributed by atoms with Gasteiger partial charge in [0.25, 0.3) is 0 Å². The Morgan fingerprint density at radius 1 is 1.20 bits per heavy atom. The van der Waals surface area contributed by atoms with Crippen molar-refractivity contribution in [3.8, 4) is 0 Å². The molecule has 4 rings (SSSR count). The fourth-order valence-electron chi connectivity index (χ4n) is 6.12. The minimum Gasteiger partial charge on any atom is -0.447 e. The Hall–Kier alpha value is -2.54. The van der Waals surface area contributed by atoms with E-state index in [1.165, 1.54) is 6.08 Å². The molecular weight excluding hydrogens is 444 g/mol. The van der Waals surface area contributed by atoms with Crippen molar-refractivity contribution in [2.24, 2.45) is 29.1 Å². The summed E-state index contributed by atoms with van der Waals surface area (Å²) in [6.07, 6.45) is 5.17. The fraction of sp³-hybridized carbons (Fsp3) is 0.517. The van der Waals surface area contributed by atoms with E-state index in [9.17, 15) is 24.9 Å². The fourth-order valence-corrected chi connectivity index (χ4v) is 6.12. The molecule has 3 aliphatic rings. The lowest BCUT2D eigenvalue weighted by Gasteiger charge is -2.37. The van der Waals surface area contributed by atoms with Gasteiger partial charge in [0.1, 0.15) is 0 Å². The summed E-state index contributed by atoms with van der Waals surface area (Å²) in [4.78, 5) is 27.1. The molecule has 7 atom stereocenters. The average Bonchev–Trinajstić information content (AvgIpc) is 3.25. The van der Waals surface area contributed by atoms with Gasteiger partial charge in [-0.3, -0.25) is 4.79 Å². The number of fused-ring (bicyclic) bond motifs is 2. The van der Waals surface area contributed by atoms with Crippen LogP contribution in [0.5, 0.6) is 0 Å². The summed E-state index contributed by atoms with van der Waals surface area (Å²) in [5, 5.41) is 32.7. The SMILES string of the molecule is CC1=CC[C@H]2[C@@H](C=C(CO)C(=O)[C@@]3(OC(=O)C=Cc4ccccc4)C[C@H](C)[C@H](O)[C@@H]3[C@H]1O)C2(C)C. The molecule has 6 nitrogen and oxygen atoms in total. The Labute approximate surface area is 207 Å². The monoisotopic (exact) mass is 480 g/mol. The Morgan fingerprint density at radius 3 is 2.54 bits per heavy atom. The summed E-state index contributed by atoms with van der Waals surface area (Å²) < 4.78 is 5.93. The van der Waals surface area contributed by atoms with Crippen molar-refractivity contribution >= 4 is 17.8 Å². The van der Waals surface area contributed by atoms with Gasteiger partial charge in [0, 0.05) is 18.1 Å². The van der Waals surface area contributed by atoms with E-state index in [4.69, 9.17) is 4.74 Å². The van der Waals surface area contributed by atoms with E-state index in [1.54, 1.807) is 19.9 Å². The van der Waals surface area contributed by atoms with E-state index in [-0.39, 0.29) is 29.2 Å². The highest BCUT2D eigenvalue weighted by molar-refractivity contribution is 6.04. The molecule has 188 valence electrons. The predicted molar refractivity (Wildman–Crippen MR) is 133 cm³/mol. The van der Waals surface area contributed by atoms with Crippen molar-refractivity contribution in [2.75, 3.05) is 6.61 Å². The van der Waals surface area contributed by atoms with Crippen LogP contribution in [0.4, 0.5) is 0 Å². The van der Waals surface area contributed by atoms with Gasteiger partial charge in [0.2, 0.25) is 5.78 Å². The first-order valence-corrected chi connectivity index (χ1v) is 12.4. The molecule has 3 N–H and O–H groups in total. The molecule has 1 aromatic carbocycles. The minimum atomic E-state index is -1.79.